The maximum Gasteiger partial charge on any atom is 0.235 e. The zero-order valence-electron chi connectivity index (χ0n) is 18.3. The fourth-order valence-corrected chi connectivity index (χ4v) is 3.11. The van der Waals surface area contributed by atoms with Gasteiger partial charge in [0.25, 0.3) is 0 Å². The topological polar surface area (TPSA) is 57.1 Å². The Hall–Kier alpha value is -2.17. The molecule has 2 aromatic heterocycles. The number of rotatable bonds is 11. The van der Waals surface area contributed by atoms with Crippen LogP contribution in [0.1, 0.15) is 83.3 Å². The van der Waals surface area contributed by atoms with Crippen molar-refractivity contribution < 1.29 is 9.47 Å². The molecule has 0 bridgehead atoms. The van der Waals surface area contributed by atoms with Crippen molar-refractivity contribution in [1.29, 1.82) is 0 Å². The average molecular weight is 386 g/mol. The number of ether oxygens (including phenoxy) is 2. The van der Waals surface area contributed by atoms with E-state index >= 15 is 0 Å². The fourth-order valence-electron chi connectivity index (χ4n) is 3.11. The highest BCUT2D eigenvalue weighted by Gasteiger charge is 2.19. The third kappa shape index (κ3) is 5.43. The molecule has 2 aromatic rings. The summed E-state index contributed by atoms with van der Waals surface area (Å²) in [5.41, 5.74) is 4.54. The number of hydrogen-bond donors (Lipinski definition) is 0. The van der Waals surface area contributed by atoms with Crippen molar-refractivity contribution in [3.05, 3.63) is 29.2 Å². The van der Waals surface area contributed by atoms with E-state index in [-0.39, 0.29) is 0 Å². The second-order valence-electron chi connectivity index (χ2n) is 7.33. The predicted molar refractivity (Wildman–Crippen MR) is 114 cm³/mol. The van der Waals surface area contributed by atoms with Crippen LogP contribution in [0.4, 0.5) is 0 Å². The van der Waals surface area contributed by atoms with E-state index < -0.39 is 0 Å². The number of methoxy groups -OCH3 is 1. The van der Waals surface area contributed by atoms with Gasteiger partial charge in [-0.15, -0.1) is 0 Å². The van der Waals surface area contributed by atoms with E-state index in [0.717, 1.165) is 47.6 Å². The summed E-state index contributed by atoms with van der Waals surface area (Å²) in [5, 5.41) is 0. The highest BCUT2D eigenvalue weighted by molar-refractivity contribution is 5.68. The molecule has 0 aromatic carbocycles. The molecule has 5 heteroatoms. The van der Waals surface area contributed by atoms with E-state index in [1.165, 1.54) is 19.3 Å². The molecule has 0 saturated heterocycles. The van der Waals surface area contributed by atoms with Gasteiger partial charge in [-0.1, -0.05) is 53.9 Å². The van der Waals surface area contributed by atoms with Crippen molar-refractivity contribution in [2.45, 2.75) is 79.1 Å². The van der Waals surface area contributed by atoms with Gasteiger partial charge in [-0.25, -0.2) is 15.0 Å². The van der Waals surface area contributed by atoms with Crippen LogP contribution < -0.4 is 9.47 Å². The Bertz CT molecular complexity index is 760. The van der Waals surface area contributed by atoms with Crippen LogP contribution in [0.3, 0.4) is 0 Å². The number of nitrogens with zero attached hydrogens (tertiary/aromatic N) is 3. The molecule has 0 saturated carbocycles. The third-order valence-electron chi connectivity index (χ3n) is 4.83. The molecule has 0 amide bonds. The Morgan fingerprint density at radius 1 is 0.857 bits per heavy atom. The molecule has 154 valence electrons. The monoisotopic (exact) mass is 385 g/mol. The average Bonchev–Trinajstić information content (AvgIpc) is 2.72. The highest BCUT2D eigenvalue weighted by atomic mass is 16.5. The predicted octanol–water partition coefficient (Wildman–Crippen LogP) is 5.75. The minimum atomic E-state index is 0.342. The molecule has 5 nitrogen and oxygen atoms in total. The summed E-state index contributed by atoms with van der Waals surface area (Å²) in [4.78, 5) is 14.4. The second kappa shape index (κ2) is 11.0. The first-order valence-corrected chi connectivity index (χ1v) is 10.6. The van der Waals surface area contributed by atoms with Gasteiger partial charge in [0.15, 0.2) is 0 Å². The molecule has 0 spiro atoms. The maximum atomic E-state index is 5.99. The normalized spacial score (nSPS) is 11.1. The molecule has 0 fully saturated rings. The van der Waals surface area contributed by atoms with E-state index in [9.17, 15) is 0 Å². The number of aromatic nitrogens is 3. The molecule has 0 N–H and O–H groups in total. The van der Waals surface area contributed by atoms with Crippen LogP contribution in [0.2, 0.25) is 0 Å². The minimum absolute atomic E-state index is 0.342. The highest BCUT2D eigenvalue weighted by Crippen LogP contribution is 2.32. The first-order valence-electron chi connectivity index (χ1n) is 10.6. The summed E-state index contributed by atoms with van der Waals surface area (Å²) in [5.74, 6) is 1.62. The zero-order valence-corrected chi connectivity index (χ0v) is 18.3. The Kier molecular flexibility index (Phi) is 8.68. The van der Waals surface area contributed by atoms with E-state index in [2.05, 4.69) is 45.7 Å². The summed E-state index contributed by atoms with van der Waals surface area (Å²) in [6.07, 6.45) is 6.25. The first-order chi connectivity index (χ1) is 13.5. The standard InChI is InChI=1S/C23H35N3O2/c1-7-10-11-12-15-28-23-19(9-3)24-21(18(8-2)25-23)17-13-14-20(16(4)5)26-22(17)27-6/h13-14,16H,7-12,15H2,1-6H3. The van der Waals surface area contributed by atoms with Crippen LogP contribution >= 0.6 is 0 Å². The van der Waals surface area contributed by atoms with Gasteiger partial charge in [0.05, 0.1) is 30.7 Å². The Morgan fingerprint density at radius 3 is 2.21 bits per heavy atom. The summed E-state index contributed by atoms with van der Waals surface area (Å²) in [6.45, 7) is 11.3. The van der Waals surface area contributed by atoms with Crippen LogP contribution in [0.15, 0.2) is 12.1 Å². The molecule has 2 rings (SSSR count). The lowest BCUT2D eigenvalue weighted by molar-refractivity contribution is 0.288. The Morgan fingerprint density at radius 2 is 1.61 bits per heavy atom. The van der Waals surface area contributed by atoms with Gasteiger partial charge in [0, 0.05) is 5.69 Å². The van der Waals surface area contributed by atoms with Gasteiger partial charge < -0.3 is 9.47 Å². The molecule has 0 radical (unpaired) electrons. The van der Waals surface area contributed by atoms with Crippen LogP contribution in [0.25, 0.3) is 11.3 Å². The summed E-state index contributed by atoms with van der Waals surface area (Å²) < 4.78 is 11.6. The molecule has 0 aliphatic carbocycles. The molecule has 28 heavy (non-hydrogen) atoms. The summed E-state index contributed by atoms with van der Waals surface area (Å²) >= 11 is 0. The molecular weight excluding hydrogens is 350 g/mol. The Labute approximate surface area is 169 Å². The number of pyridine rings is 1. The fraction of sp³-hybridized carbons (Fsp3) is 0.609. The van der Waals surface area contributed by atoms with Crippen LogP contribution in [0.5, 0.6) is 11.8 Å². The van der Waals surface area contributed by atoms with Crippen molar-refractivity contribution in [1.82, 2.24) is 15.0 Å². The molecule has 0 atom stereocenters. The van der Waals surface area contributed by atoms with Crippen molar-refractivity contribution in [2.24, 2.45) is 0 Å². The first kappa shape index (κ1) is 22.1. The lowest BCUT2D eigenvalue weighted by Gasteiger charge is -2.16. The van der Waals surface area contributed by atoms with Gasteiger partial charge in [0.2, 0.25) is 11.8 Å². The zero-order chi connectivity index (χ0) is 20.5. The van der Waals surface area contributed by atoms with E-state index in [4.69, 9.17) is 19.4 Å². The third-order valence-corrected chi connectivity index (χ3v) is 4.83. The van der Waals surface area contributed by atoms with Crippen LogP contribution in [0, 0.1) is 0 Å². The van der Waals surface area contributed by atoms with E-state index in [1.807, 2.05) is 6.07 Å². The lowest BCUT2D eigenvalue weighted by Crippen LogP contribution is -2.09. The molecule has 0 aliphatic heterocycles. The minimum Gasteiger partial charge on any atom is -0.480 e. The molecular formula is C23H35N3O2. The number of hydrogen-bond acceptors (Lipinski definition) is 5. The smallest absolute Gasteiger partial charge is 0.235 e. The SMILES string of the molecule is CCCCCCOc1nc(CC)c(-c2ccc(C(C)C)nc2OC)nc1CC. The van der Waals surface area contributed by atoms with Gasteiger partial charge >= 0.3 is 0 Å². The quantitative estimate of drug-likeness (QED) is 0.461. The largest absolute Gasteiger partial charge is 0.480 e. The van der Waals surface area contributed by atoms with Crippen molar-refractivity contribution in [3.63, 3.8) is 0 Å². The second-order valence-corrected chi connectivity index (χ2v) is 7.33. The van der Waals surface area contributed by atoms with E-state index in [0.29, 0.717) is 24.3 Å². The van der Waals surface area contributed by atoms with Crippen molar-refractivity contribution >= 4 is 0 Å². The van der Waals surface area contributed by atoms with Gasteiger partial charge in [-0.2, -0.15) is 0 Å². The summed E-state index contributed by atoms with van der Waals surface area (Å²) in [7, 11) is 1.66. The number of unbranched alkanes of at least 4 members (excludes halogenated alkanes) is 3. The maximum absolute atomic E-state index is 5.99. The summed E-state index contributed by atoms with van der Waals surface area (Å²) in [6, 6.07) is 4.10. The molecule has 0 aliphatic rings. The Balaban J connectivity index is 2.37. The van der Waals surface area contributed by atoms with Gasteiger partial charge in [-0.05, 0) is 37.3 Å². The lowest BCUT2D eigenvalue weighted by atomic mass is 10.1. The molecule has 2 heterocycles. The van der Waals surface area contributed by atoms with Crippen molar-refractivity contribution in [2.75, 3.05) is 13.7 Å². The number of aryl methyl sites for hydroxylation is 2. The van der Waals surface area contributed by atoms with E-state index in [1.54, 1.807) is 7.11 Å². The van der Waals surface area contributed by atoms with Crippen LogP contribution in [-0.4, -0.2) is 28.7 Å². The van der Waals surface area contributed by atoms with Crippen molar-refractivity contribution in [3.8, 4) is 23.0 Å². The van der Waals surface area contributed by atoms with Crippen LogP contribution in [-0.2, 0) is 12.8 Å². The van der Waals surface area contributed by atoms with Gasteiger partial charge in [-0.3, -0.25) is 0 Å². The van der Waals surface area contributed by atoms with Gasteiger partial charge in [0.1, 0.15) is 5.69 Å². The molecule has 0 unspecified atom stereocenters.